The third-order valence-corrected chi connectivity index (χ3v) is 2.00. The predicted molar refractivity (Wildman–Crippen MR) is 50.0 cm³/mol. The van der Waals surface area contributed by atoms with Gasteiger partial charge in [0.15, 0.2) is 0 Å². The molecule has 1 amide bonds. The Morgan fingerprint density at radius 2 is 2.36 bits per heavy atom. The highest BCUT2D eigenvalue weighted by atomic mass is 16.5. The van der Waals surface area contributed by atoms with Gasteiger partial charge in [-0.1, -0.05) is 12.1 Å². The molecule has 1 heterocycles. The molecule has 14 heavy (non-hydrogen) atoms. The van der Waals surface area contributed by atoms with Crippen molar-refractivity contribution < 1.29 is 10.0 Å². The number of nitrogens with zero attached hydrogens (tertiary/aromatic N) is 2. The van der Waals surface area contributed by atoms with Crippen molar-refractivity contribution in [2.75, 3.05) is 7.05 Å². The maximum absolute atomic E-state index is 11.5. The average molecular weight is 191 g/mol. The van der Waals surface area contributed by atoms with Gasteiger partial charge in [0.2, 0.25) is 0 Å². The number of carbonyl (C=O) groups excluding carboxylic acids is 1. The number of amides is 1. The molecule has 5 heteroatoms. The fourth-order valence-electron chi connectivity index (χ4n) is 1.32. The van der Waals surface area contributed by atoms with E-state index in [1.807, 2.05) is 6.07 Å². The SMILES string of the molecule is CN(O)C(=O)c1cccc2cn[nH]c12. The summed E-state index contributed by atoms with van der Waals surface area (Å²) in [5, 5.41) is 17.0. The Bertz CT molecular complexity index is 476. The molecule has 0 aliphatic carbocycles. The number of rotatable bonds is 1. The Morgan fingerprint density at radius 3 is 3.07 bits per heavy atom. The molecule has 72 valence electrons. The van der Waals surface area contributed by atoms with Crippen molar-refractivity contribution in [2.45, 2.75) is 0 Å². The highest BCUT2D eigenvalue weighted by molar-refractivity contribution is 6.04. The number of hydroxylamine groups is 2. The predicted octanol–water partition coefficient (Wildman–Crippen LogP) is 1.02. The molecular weight excluding hydrogens is 182 g/mol. The second kappa shape index (κ2) is 3.12. The number of para-hydroxylation sites is 1. The summed E-state index contributed by atoms with van der Waals surface area (Å²) in [6, 6.07) is 5.22. The number of carbonyl (C=O) groups is 1. The summed E-state index contributed by atoms with van der Waals surface area (Å²) in [5.41, 5.74) is 1.04. The summed E-state index contributed by atoms with van der Waals surface area (Å²) in [7, 11) is 1.29. The van der Waals surface area contributed by atoms with E-state index in [-0.39, 0.29) is 0 Å². The van der Waals surface area contributed by atoms with Crippen molar-refractivity contribution in [1.82, 2.24) is 15.3 Å². The number of aromatic nitrogens is 2. The van der Waals surface area contributed by atoms with Crippen LogP contribution in [0.1, 0.15) is 10.4 Å². The van der Waals surface area contributed by atoms with Crippen LogP contribution in [-0.2, 0) is 0 Å². The molecule has 0 bridgehead atoms. The van der Waals surface area contributed by atoms with Crippen LogP contribution in [0.25, 0.3) is 10.9 Å². The Morgan fingerprint density at radius 1 is 1.57 bits per heavy atom. The molecular formula is C9H9N3O2. The van der Waals surface area contributed by atoms with Crippen LogP contribution in [0.5, 0.6) is 0 Å². The molecule has 0 saturated heterocycles. The molecule has 1 aromatic heterocycles. The van der Waals surface area contributed by atoms with E-state index in [2.05, 4.69) is 10.2 Å². The number of hydrogen-bond donors (Lipinski definition) is 2. The largest absolute Gasteiger partial charge is 0.286 e. The smallest absolute Gasteiger partial charge is 0.279 e. The van der Waals surface area contributed by atoms with E-state index in [4.69, 9.17) is 5.21 Å². The van der Waals surface area contributed by atoms with E-state index < -0.39 is 5.91 Å². The van der Waals surface area contributed by atoms with Crippen molar-refractivity contribution in [2.24, 2.45) is 0 Å². The highest BCUT2D eigenvalue weighted by Gasteiger charge is 2.13. The van der Waals surface area contributed by atoms with Gasteiger partial charge in [0.25, 0.3) is 5.91 Å². The first-order valence-corrected chi connectivity index (χ1v) is 4.09. The van der Waals surface area contributed by atoms with Crippen LogP contribution in [0.15, 0.2) is 24.4 Å². The van der Waals surface area contributed by atoms with Crippen molar-refractivity contribution in [3.63, 3.8) is 0 Å². The summed E-state index contributed by atoms with van der Waals surface area (Å²) in [5.74, 6) is -0.458. The molecule has 0 atom stereocenters. The summed E-state index contributed by atoms with van der Waals surface area (Å²) in [6.07, 6.45) is 1.63. The van der Waals surface area contributed by atoms with E-state index in [0.717, 1.165) is 5.39 Å². The van der Waals surface area contributed by atoms with E-state index in [9.17, 15) is 4.79 Å². The lowest BCUT2D eigenvalue weighted by atomic mass is 10.1. The van der Waals surface area contributed by atoms with Gasteiger partial charge in [-0.15, -0.1) is 0 Å². The number of hydrogen-bond acceptors (Lipinski definition) is 3. The van der Waals surface area contributed by atoms with Crippen LogP contribution in [0.4, 0.5) is 0 Å². The minimum Gasteiger partial charge on any atom is -0.286 e. The number of H-pyrrole nitrogens is 1. The zero-order chi connectivity index (χ0) is 10.1. The van der Waals surface area contributed by atoms with Crippen LogP contribution in [0.2, 0.25) is 0 Å². The molecule has 5 nitrogen and oxygen atoms in total. The first kappa shape index (κ1) is 8.71. The molecule has 2 N–H and O–H groups in total. The monoisotopic (exact) mass is 191 g/mol. The highest BCUT2D eigenvalue weighted by Crippen LogP contribution is 2.16. The lowest BCUT2D eigenvalue weighted by Crippen LogP contribution is -2.22. The minimum atomic E-state index is -0.458. The summed E-state index contributed by atoms with van der Waals surface area (Å²) < 4.78 is 0. The van der Waals surface area contributed by atoms with E-state index >= 15 is 0 Å². The number of fused-ring (bicyclic) bond motifs is 1. The molecule has 0 unspecified atom stereocenters. The van der Waals surface area contributed by atoms with Gasteiger partial charge in [0.05, 0.1) is 17.3 Å². The van der Waals surface area contributed by atoms with E-state index in [0.29, 0.717) is 16.1 Å². The van der Waals surface area contributed by atoms with Gasteiger partial charge < -0.3 is 0 Å². The number of nitrogens with one attached hydrogen (secondary N) is 1. The number of aromatic amines is 1. The van der Waals surface area contributed by atoms with E-state index in [1.165, 1.54) is 7.05 Å². The van der Waals surface area contributed by atoms with Gasteiger partial charge in [-0.2, -0.15) is 5.10 Å². The standard InChI is InChI=1S/C9H9N3O2/c1-12(14)9(13)7-4-2-3-6-5-10-11-8(6)7/h2-5,14H,1H3,(H,10,11). The Hall–Kier alpha value is -1.88. The molecule has 0 aliphatic rings. The quantitative estimate of drug-likeness (QED) is 0.522. The van der Waals surface area contributed by atoms with Crippen LogP contribution < -0.4 is 0 Å². The van der Waals surface area contributed by atoms with Crippen LogP contribution in [0, 0.1) is 0 Å². The average Bonchev–Trinajstić information content (AvgIpc) is 2.63. The minimum absolute atomic E-state index is 0.407. The van der Waals surface area contributed by atoms with Crippen molar-refractivity contribution >= 4 is 16.8 Å². The van der Waals surface area contributed by atoms with Crippen LogP contribution in [-0.4, -0.2) is 33.4 Å². The Kier molecular flexibility index (Phi) is 1.94. The molecule has 1 aromatic carbocycles. The number of benzene rings is 1. The molecule has 2 aromatic rings. The zero-order valence-electron chi connectivity index (χ0n) is 7.56. The van der Waals surface area contributed by atoms with Gasteiger partial charge in [-0.05, 0) is 6.07 Å². The second-order valence-electron chi connectivity index (χ2n) is 2.97. The van der Waals surface area contributed by atoms with Crippen molar-refractivity contribution in [3.8, 4) is 0 Å². The van der Waals surface area contributed by atoms with Gasteiger partial charge in [-0.3, -0.25) is 15.1 Å². The van der Waals surface area contributed by atoms with Gasteiger partial charge in [0.1, 0.15) is 0 Å². The first-order valence-electron chi connectivity index (χ1n) is 4.09. The summed E-state index contributed by atoms with van der Waals surface area (Å²) in [6.45, 7) is 0. The molecule has 0 saturated carbocycles. The topological polar surface area (TPSA) is 69.2 Å². The third-order valence-electron chi connectivity index (χ3n) is 2.00. The molecule has 0 spiro atoms. The maximum atomic E-state index is 11.5. The second-order valence-corrected chi connectivity index (χ2v) is 2.97. The Labute approximate surface area is 79.9 Å². The van der Waals surface area contributed by atoms with Crippen LogP contribution in [0.3, 0.4) is 0 Å². The van der Waals surface area contributed by atoms with Crippen LogP contribution >= 0.6 is 0 Å². The van der Waals surface area contributed by atoms with Gasteiger partial charge in [-0.25, -0.2) is 5.06 Å². The van der Waals surface area contributed by atoms with Gasteiger partial charge >= 0.3 is 0 Å². The fourth-order valence-corrected chi connectivity index (χ4v) is 1.32. The van der Waals surface area contributed by atoms with Crippen molar-refractivity contribution in [1.29, 1.82) is 0 Å². The molecule has 0 aliphatic heterocycles. The normalized spacial score (nSPS) is 10.4. The fraction of sp³-hybridized carbons (Fsp3) is 0.111. The molecule has 0 radical (unpaired) electrons. The Balaban J connectivity index is 2.62. The van der Waals surface area contributed by atoms with Crippen molar-refractivity contribution in [3.05, 3.63) is 30.0 Å². The molecule has 0 fully saturated rings. The lowest BCUT2D eigenvalue weighted by Gasteiger charge is -2.08. The third kappa shape index (κ3) is 1.23. The zero-order valence-corrected chi connectivity index (χ0v) is 7.56. The first-order chi connectivity index (χ1) is 6.70. The van der Waals surface area contributed by atoms with Gasteiger partial charge in [0, 0.05) is 12.4 Å². The molecule has 2 rings (SSSR count). The van der Waals surface area contributed by atoms with E-state index in [1.54, 1.807) is 18.3 Å². The summed E-state index contributed by atoms with van der Waals surface area (Å²) in [4.78, 5) is 11.5. The lowest BCUT2D eigenvalue weighted by molar-refractivity contribution is -0.0373. The summed E-state index contributed by atoms with van der Waals surface area (Å²) >= 11 is 0. The maximum Gasteiger partial charge on any atom is 0.279 e.